The highest BCUT2D eigenvalue weighted by atomic mass is 35.5. The monoisotopic (exact) mass is 267 g/mol. The maximum atomic E-state index is 11.9. The summed E-state index contributed by atoms with van der Waals surface area (Å²) in [6.45, 7) is 3.51. The highest BCUT2D eigenvalue weighted by Crippen LogP contribution is 2.17. The van der Waals surface area contributed by atoms with Gasteiger partial charge >= 0.3 is 0 Å². The second kappa shape index (κ2) is 6.03. The van der Waals surface area contributed by atoms with E-state index < -0.39 is 5.54 Å². The van der Waals surface area contributed by atoms with Crippen LogP contribution >= 0.6 is 11.6 Å². The van der Waals surface area contributed by atoms with E-state index in [1.165, 1.54) is 11.0 Å². The Morgan fingerprint density at radius 2 is 2.06 bits per heavy atom. The molecule has 3 nitrogen and oxygen atoms in total. The molecule has 1 aromatic carbocycles. The second-order valence-corrected chi connectivity index (χ2v) is 5.13. The van der Waals surface area contributed by atoms with Crippen LogP contribution in [0.2, 0.25) is 5.02 Å². The molecule has 0 aliphatic carbocycles. The van der Waals surface area contributed by atoms with E-state index in [4.69, 9.17) is 11.6 Å². The zero-order chi connectivity index (χ0) is 13.8. The third-order valence-electron chi connectivity index (χ3n) is 2.94. The molecule has 1 N–H and O–H groups in total. The quantitative estimate of drug-likeness (QED) is 0.852. The van der Waals surface area contributed by atoms with E-state index in [2.05, 4.69) is 0 Å². The van der Waals surface area contributed by atoms with Gasteiger partial charge in [-0.05, 0) is 31.6 Å². The number of benzene rings is 1. The second-order valence-electron chi connectivity index (χ2n) is 4.72. The van der Waals surface area contributed by atoms with E-state index in [0.29, 0.717) is 5.02 Å². The van der Waals surface area contributed by atoms with Gasteiger partial charge < -0.3 is 10.0 Å². The first-order chi connectivity index (χ1) is 8.38. The van der Waals surface area contributed by atoms with Gasteiger partial charge in [-0.1, -0.05) is 29.8 Å². The molecule has 0 unspecified atom stereocenters. The van der Waals surface area contributed by atoms with Crippen molar-refractivity contribution in [3.63, 3.8) is 0 Å². The minimum atomic E-state index is -0.581. The fraction of sp³-hybridized carbons (Fsp3) is 0.357. The van der Waals surface area contributed by atoms with E-state index in [9.17, 15) is 9.90 Å². The van der Waals surface area contributed by atoms with Gasteiger partial charge in [0.25, 0.3) is 0 Å². The minimum Gasteiger partial charge on any atom is -0.394 e. The summed E-state index contributed by atoms with van der Waals surface area (Å²) < 4.78 is 0. The molecular formula is C14H18ClNO2. The van der Waals surface area contributed by atoms with E-state index >= 15 is 0 Å². The lowest BCUT2D eigenvalue weighted by Crippen LogP contribution is -2.47. The number of amides is 1. The third kappa shape index (κ3) is 3.59. The molecule has 0 atom stereocenters. The summed E-state index contributed by atoms with van der Waals surface area (Å²) >= 11 is 5.99. The van der Waals surface area contributed by atoms with Crippen molar-refractivity contribution in [3.05, 3.63) is 40.9 Å². The Labute approximate surface area is 113 Å². The number of nitrogens with zero attached hydrogens (tertiary/aromatic N) is 1. The number of carbonyl (C=O) groups excluding carboxylic acids is 1. The van der Waals surface area contributed by atoms with Crippen LogP contribution < -0.4 is 0 Å². The van der Waals surface area contributed by atoms with Crippen LogP contribution in [0, 0.1) is 0 Å². The Kier molecular flexibility index (Phi) is 4.93. The van der Waals surface area contributed by atoms with Crippen molar-refractivity contribution in [2.45, 2.75) is 19.4 Å². The summed E-state index contributed by atoms with van der Waals surface area (Å²) in [5.74, 6) is -0.172. The molecule has 0 aromatic heterocycles. The van der Waals surface area contributed by atoms with Crippen molar-refractivity contribution in [1.29, 1.82) is 0 Å². The van der Waals surface area contributed by atoms with E-state index in [1.807, 2.05) is 18.2 Å². The van der Waals surface area contributed by atoms with Crippen molar-refractivity contribution in [2.75, 3.05) is 13.7 Å². The standard InChI is InChI=1S/C14H18ClNO2/c1-14(2,10-17)16(3)13(18)9-8-11-6-4-5-7-12(11)15/h4-9,17H,10H2,1-3H3/b9-8+. The molecule has 0 bridgehead atoms. The maximum absolute atomic E-state index is 11.9. The highest BCUT2D eigenvalue weighted by molar-refractivity contribution is 6.32. The van der Waals surface area contributed by atoms with E-state index in [0.717, 1.165) is 5.56 Å². The summed E-state index contributed by atoms with van der Waals surface area (Å²) in [5.41, 5.74) is 0.213. The van der Waals surface area contributed by atoms with Crippen LogP contribution in [-0.2, 0) is 4.79 Å². The fourth-order valence-electron chi connectivity index (χ4n) is 1.29. The predicted octanol–water partition coefficient (Wildman–Crippen LogP) is 2.58. The lowest BCUT2D eigenvalue weighted by Gasteiger charge is -2.33. The number of aliphatic hydroxyl groups excluding tert-OH is 1. The molecule has 0 spiro atoms. The molecule has 1 rings (SSSR count). The van der Waals surface area contributed by atoms with Crippen molar-refractivity contribution in [3.8, 4) is 0 Å². The van der Waals surface area contributed by atoms with Crippen LogP contribution in [0.5, 0.6) is 0 Å². The molecular weight excluding hydrogens is 250 g/mol. The largest absolute Gasteiger partial charge is 0.394 e. The Balaban J connectivity index is 2.80. The van der Waals surface area contributed by atoms with Gasteiger partial charge in [0.1, 0.15) is 0 Å². The highest BCUT2D eigenvalue weighted by Gasteiger charge is 2.25. The van der Waals surface area contributed by atoms with Crippen LogP contribution in [0.25, 0.3) is 6.08 Å². The van der Waals surface area contributed by atoms with Crippen LogP contribution in [0.4, 0.5) is 0 Å². The van der Waals surface area contributed by atoms with Crippen molar-refractivity contribution in [2.24, 2.45) is 0 Å². The van der Waals surface area contributed by atoms with Gasteiger partial charge in [-0.25, -0.2) is 0 Å². The zero-order valence-electron chi connectivity index (χ0n) is 10.9. The predicted molar refractivity (Wildman–Crippen MR) is 74.4 cm³/mol. The molecule has 98 valence electrons. The fourth-order valence-corrected chi connectivity index (χ4v) is 1.49. The SMILES string of the molecule is CN(C(=O)/C=C/c1ccccc1Cl)C(C)(C)CO. The van der Waals surface area contributed by atoms with Crippen LogP contribution in [-0.4, -0.2) is 35.1 Å². The van der Waals surface area contributed by atoms with Crippen molar-refractivity contribution < 1.29 is 9.90 Å². The normalized spacial score (nSPS) is 11.8. The molecule has 1 aromatic rings. The van der Waals surface area contributed by atoms with Gasteiger partial charge in [0.05, 0.1) is 12.1 Å². The van der Waals surface area contributed by atoms with E-state index in [1.54, 1.807) is 33.0 Å². The Morgan fingerprint density at radius 1 is 1.44 bits per heavy atom. The zero-order valence-corrected chi connectivity index (χ0v) is 11.6. The van der Waals surface area contributed by atoms with Gasteiger partial charge in [0, 0.05) is 18.1 Å². The summed E-state index contributed by atoms with van der Waals surface area (Å²) in [5, 5.41) is 9.81. The number of aliphatic hydroxyl groups is 1. The first-order valence-corrected chi connectivity index (χ1v) is 6.07. The Hall–Kier alpha value is -1.32. The maximum Gasteiger partial charge on any atom is 0.246 e. The summed E-state index contributed by atoms with van der Waals surface area (Å²) in [7, 11) is 1.66. The minimum absolute atomic E-state index is 0.0881. The van der Waals surface area contributed by atoms with Crippen LogP contribution in [0.1, 0.15) is 19.4 Å². The topological polar surface area (TPSA) is 40.5 Å². The molecule has 18 heavy (non-hydrogen) atoms. The molecule has 0 saturated heterocycles. The van der Waals surface area contributed by atoms with Gasteiger partial charge in [0.15, 0.2) is 0 Å². The lowest BCUT2D eigenvalue weighted by molar-refractivity contribution is -0.130. The summed E-state index contributed by atoms with van der Waals surface area (Å²) in [6.07, 6.45) is 3.13. The number of carbonyl (C=O) groups is 1. The summed E-state index contributed by atoms with van der Waals surface area (Å²) in [4.78, 5) is 13.4. The molecule has 0 heterocycles. The molecule has 0 saturated carbocycles. The van der Waals surface area contributed by atoms with E-state index in [-0.39, 0.29) is 12.5 Å². The Morgan fingerprint density at radius 3 is 2.61 bits per heavy atom. The number of rotatable bonds is 4. The number of hydrogen-bond donors (Lipinski definition) is 1. The Bertz CT molecular complexity index is 455. The first kappa shape index (κ1) is 14.7. The van der Waals surface area contributed by atoms with Gasteiger partial charge in [0.2, 0.25) is 5.91 Å². The number of halogens is 1. The molecule has 0 radical (unpaired) electrons. The first-order valence-electron chi connectivity index (χ1n) is 5.70. The van der Waals surface area contributed by atoms with Crippen LogP contribution in [0.3, 0.4) is 0 Å². The average Bonchev–Trinajstić information content (AvgIpc) is 2.36. The van der Waals surface area contributed by atoms with Crippen molar-refractivity contribution in [1.82, 2.24) is 4.90 Å². The lowest BCUT2D eigenvalue weighted by atomic mass is 10.1. The summed E-state index contributed by atoms with van der Waals surface area (Å²) in [6, 6.07) is 7.30. The van der Waals surface area contributed by atoms with Gasteiger partial charge in [-0.2, -0.15) is 0 Å². The molecule has 4 heteroatoms. The average molecular weight is 268 g/mol. The smallest absolute Gasteiger partial charge is 0.246 e. The number of likely N-dealkylation sites (N-methyl/N-ethyl adjacent to an activating group) is 1. The van der Waals surface area contributed by atoms with Crippen molar-refractivity contribution >= 4 is 23.6 Å². The van der Waals surface area contributed by atoms with Gasteiger partial charge in [-0.15, -0.1) is 0 Å². The third-order valence-corrected chi connectivity index (χ3v) is 3.28. The van der Waals surface area contributed by atoms with Gasteiger partial charge in [-0.3, -0.25) is 4.79 Å². The molecule has 0 aliphatic heterocycles. The molecule has 0 aliphatic rings. The van der Waals surface area contributed by atoms with Crippen LogP contribution in [0.15, 0.2) is 30.3 Å². The molecule has 0 fully saturated rings. The number of hydrogen-bond acceptors (Lipinski definition) is 2. The molecule has 1 amide bonds.